The largest absolute Gasteiger partial charge is 0.472 e. The Bertz CT molecular complexity index is 1600. The number of allylic oxidation sites excluding steroid dienone is 20. The molecule has 0 spiro atoms. The standard InChI is InChI=1S/C63H106NO8P/c1-3-5-7-9-11-13-15-17-19-21-22-23-24-25-26-27-28-29-30-31-32-33-34-35-36-37-38-40-42-44-46-48-50-52-54-56-63(66)72-61(60-71-73(67,68)70-58-57-64)59-69-62(65)55-53-51-49-47-45-43-41-39-20-18-16-14-12-10-8-6-4-2/h5,7,11,13,17-20,22-23,25-26,28-29,31-32,34-35,37-38,61H,3-4,6,8-10,12,14-16,21,24,27,30,33,36,39-60,64H2,1-2H3,(H,67,68)/b7-5-,13-11-,19-17-,20-18-,23-22-,26-25-,29-28-,32-31-,35-34-,38-37-. The van der Waals surface area contributed by atoms with E-state index in [9.17, 15) is 19.0 Å². The molecule has 10 heteroatoms. The molecule has 0 aromatic rings. The van der Waals surface area contributed by atoms with Gasteiger partial charge in [0.1, 0.15) is 6.61 Å². The monoisotopic (exact) mass is 1040 g/mol. The highest BCUT2D eigenvalue weighted by Gasteiger charge is 2.26. The van der Waals surface area contributed by atoms with Gasteiger partial charge in [-0.2, -0.15) is 0 Å². The van der Waals surface area contributed by atoms with E-state index in [2.05, 4.69) is 135 Å². The number of carbonyl (C=O) groups is 2. The van der Waals surface area contributed by atoms with E-state index in [0.717, 1.165) is 116 Å². The van der Waals surface area contributed by atoms with Crippen LogP contribution in [0.2, 0.25) is 0 Å². The van der Waals surface area contributed by atoms with Crippen molar-refractivity contribution in [1.29, 1.82) is 0 Å². The van der Waals surface area contributed by atoms with Crippen LogP contribution in [0.15, 0.2) is 122 Å². The van der Waals surface area contributed by atoms with E-state index in [0.29, 0.717) is 6.42 Å². The molecule has 0 saturated carbocycles. The fourth-order valence-corrected chi connectivity index (χ4v) is 8.33. The Hall–Kier alpha value is -3.59. The summed E-state index contributed by atoms with van der Waals surface area (Å²) in [7, 11) is -4.40. The number of carbonyl (C=O) groups excluding carboxylic acids is 2. The van der Waals surface area contributed by atoms with Crippen LogP contribution in [0.1, 0.15) is 232 Å². The molecule has 0 aliphatic carbocycles. The lowest BCUT2D eigenvalue weighted by molar-refractivity contribution is -0.161. The predicted molar refractivity (Wildman–Crippen MR) is 311 cm³/mol. The van der Waals surface area contributed by atoms with Crippen molar-refractivity contribution in [3.63, 3.8) is 0 Å². The Morgan fingerprint density at radius 1 is 0.425 bits per heavy atom. The maximum Gasteiger partial charge on any atom is 0.472 e. The highest BCUT2D eigenvalue weighted by atomic mass is 31.2. The van der Waals surface area contributed by atoms with Crippen LogP contribution < -0.4 is 5.73 Å². The van der Waals surface area contributed by atoms with E-state index in [1.165, 1.54) is 83.5 Å². The Morgan fingerprint density at radius 3 is 1.14 bits per heavy atom. The van der Waals surface area contributed by atoms with Crippen LogP contribution in [0.4, 0.5) is 0 Å². The van der Waals surface area contributed by atoms with Crippen molar-refractivity contribution in [1.82, 2.24) is 0 Å². The second-order valence-corrected chi connectivity index (χ2v) is 20.2. The summed E-state index contributed by atoms with van der Waals surface area (Å²) < 4.78 is 33.0. The Kier molecular flexibility index (Phi) is 54.8. The maximum atomic E-state index is 12.7. The molecule has 3 N–H and O–H groups in total. The minimum absolute atomic E-state index is 0.0452. The number of rotatable bonds is 53. The fourth-order valence-electron chi connectivity index (χ4n) is 7.56. The first-order valence-corrected chi connectivity index (χ1v) is 30.5. The lowest BCUT2D eigenvalue weighted by Crippen LogP contribution is -2.29. The molecule has 2 unspecified atom stereocenters. The predicted octanol–water partition coefficient (Wildman–Crippen LogP) is 18.4. The van der Waals surface area contributed by atoms with Crippen LogP contribution in [0.5, 0.6) is 0 Å². The van der Waals surface area contributed by atoms with Gasteiger partial charge in [-0.15, -0.1) is 0 Å². The van der Waals surface area contributed by atoms with Gasteiger partial charge in [-0.05, 0) is 109 Å². The second-order valence-electron chi connectivity index (χ2n) is 18.8. The molecular weight excluding hydrogens is 930 g/mol. The van der Waals surface area contributed by atoms with Gasteiger partial charge in [0, 0.05) is 19.4 Å². The minimum atomic E-state index is -4.40. The summed E-state index contributed by atoms with van der Waals surface area (Å²) in [6.07, 6.45) is 79.6. The molecule has 0 saturated heterocycles. The van der Waals surface area contributed by atoms with E-state index < -0.39 is 32.5 Å². The lowest BCUT2D eigenvalue weighted by Gasteiger charge is -2.19. The van der Waals surface area contributed by atoms with Crippen molar-refractivity contribution < 1.29 is 37.6 Å². The van der Waals surface area contributed by atoms with Crippen molar-refractivity contribution in [3.8, 4) is 0 Å². The van der Waals surface area contributed by atoms with Gasteiger partial charge < -0.3 is 20.1 Å². The van der Waals surface area contributed by atoms with Crippen LogP contribution in [0, 0.1) is 0 Å². The molecule has 0 bridgehead atoms. The molecule has 0 aliphatic rings. The number of hydrogen-bond acceptors (Lipinski definition) is 8. The lowest BCUT2D eigenvalue weighted by atomic mass is 10.1. The van der Waals surface area contributed by atoms with E-state index in [4.69, 9.17) is 24.3 Å². The van der Waals surface area contributed by atoms with Crippen LogP contribution in [0.25, 0.3) is 0 Å². The number of esters is 2. The average molecular weight is 1040 g/mol. The molecule has 0 radical (unpaired) electrons. The molecule has 9 nitrogen and oxygen atoms in total. The molecule has 2 atom stereocenters. The molecule has 0 aliphatic heterocycles. The maximum absolute atomic E-state index is 12.7. The topological polar surface area (TPSA) is 134 Å². The Morgan fingerprint density at radius 2 is 0.753 bits per heavy atom. The number of unbranched alkanes of at least 4 members (excludes halogenated alkanes) is 20. The summed E-state index contributed by atoms with van der Waals surface area (Å²) in [6.45, 7) is 3.60. The minimum Gasteiger partial charge on any atom is -0.462 e. The highest BCUT2D eigenvalue weighted by Crippen LogP contribution is 2.43. The number of nitrogens with two attached hydrogens (primary N) is 1. The first-order valence-electron chi connectivity index (χ1n) is 29.0. The van der Waals surface area contributed by atoms with Gasteiger partial charge in [0.05, 0.1) is 13.2 Å². The number of phosphoric acid groups is 1. The van der Waals surface area contributed by atoms with Crippen LogP contribution in [0.3, 0.4) is 0 Å². The second kappa shape index (κ2) is 57.7. The Balaban J connectivity index is 4.04. The quantitative estimate of drug-likeness (QED) is 0.0264. The zero-order valence-electron chi connectivity index (χ0n) is 46.3. The van der Waals surface area contributed by atoms with Gasteiger partial charge >= 0.3 is 19.8 Å². The molecular formula is C63H106NO8P. The third kappa shape index (κ3) is 57.5. The summed E-state index contributed by atoms with van der Waals surface area (Å²) in [5.74, 6) is -0.851. The summed E-state index contributed by atoms with van der Waals surface area (Å²) in [5, 5.41) is 0. The summed E-state index contributed by atoms with van der Waals surface area (Å²) in [4.78, 5) is 35.1. The molecule has 73 heavy (non-hydrogen) atoms. The van der Waals surface area contributed by atoms with E-state index >= 15 is 0 Å². The fraction of sp³-hybridized carbons (Fsp3) is 0.651. The molecule has 416 valence electrons. The van der Waals surface area contributed by atoms with Crippen molar-refractivity contribution in [2.75, 3.05) is 26.4 Å². The van der Waals surface area contributed by atoms with Gasteiger partial charge in [0.25, 0.3) is 0 Å². The highest BCUT2D eigenvalue weighted by molar-refractivity contribution is 7.47. The van der Waals surface area contributed by atoms with Crippen LogP contribution >= 0.6 is 7.82 Å². The molecule has 0 aromatic carbocycles. The van der Waals surface area contributed by atoms with Crippen LogP contribution in [-0.4, -0.2) is 49.3 Å². The van der Waals surface area contributed by atoms with E-state index in [1.54, 1.807) is 0 Å². The smallest absolute Gasteiger partial charge is 0.462 e. The normalized spacial score (nSPS) is 14.0. The van der Waals surface area contributed by atoms with Gasteiger partial charge in [-0.1, -0.05) is 232 Å². The number of hydrogen-bond donors (Lipinski definition) is 2. The zero-order valence-corrected chi connectivity index (χ0v) is 47.2. The summed E-state index contributed by atoms with van der Waals surface area (Å²) in [6, 6.07) is 0. The van der Waals surface area contributed by atoms with Crippen LogP contribution in [-0.2, 0) is 32.7 Å². The summed E-state index contributed by atoms with van der Waals surface area (Å²) in [5.41, 5.74) is 5.38. The molecule has 0 heterocycles. The molecule has 0 aromatic heterocycles. The summed E-state index contributed by atoms with van der Waals surface area (Å²) >= 11 is 0. The van der Waals surface area contributed by atoms with Crippen molar-refractivity contribution in [2.24, 2.45) is 5.73 Å². The third-order valence-corrected chi connectivity index (χ3v) is 12.8. The third-order valence-electron chi connectivity index (χ3n) is 11.8. The average Bonchev–Trinajstić information content (AvgIpc) is 3.38. The first kappa shape index (κ1) is 69.4. The first-order chi connectivity index (χ1) is 35.8. The van der Waals surface area contributed by atoms with E-state index in [-0.39, 0.29) is 32.6 Å². The van der Waals surface area contributed by atoms with Gasteiger partial charge in [-0.3, -0.25) is 18.6 Å². The van der Waals surface area contributed by atoms with Gasteiger partial charge in [-0.25, -0.2) is 4.57 Å². The van der Waals surface area contributed by atoms with Crippen molar-refractivity contribution in [2.45, 2.75) is 238 Å². The SMILES string of the molecule is CC/C=C\C/C=C\C/C=C\C/C=C\C/C=C\C/C=C\C/C=C\C/C=C\C/C=C\CCCCCCCCCC(=O)OC(COC(=O)CCCCCCCCC/C=C\CCCCCCCC)COP(=O)(O)OCCN. The van der Waals surface area contributed by atoms with Crippen molar-refractivity contribution in [3.05, 3.63) is 122 Å². The Labute approximate surface area is 447 Å². The van der Waals surface area contributed by atoms with Gasteiger partial charge in [0.2, 0.25) is 0 Å². The number of phosphoric ester groups is 1. The molecule has 0 amide bonds. The van der Waals surface area contributed by atoms with Gasteiger partial charge in [0.15, 0.2) is 6.10 Å². The number of ether oxygens (including phenoxy) is 2. The molecule has 0 fully saturated rings. The zero-order chi connectivity index (χ0) is 53.1. The molecule has 0 rings (SSSR count). The van der Waals surface area contributed by atoms with E-state index in [1.807, 2.05) is 0 Å². The van der Waals surface area contributed by atoms with Crippen molar-refractivity contribution >= 4 is 19.8 Å².